The molecule has 2 atom stereocenters. The van der Waals surface area contributed by atoms with Crippen LogP contribution in [0.1, 0.15) is 24.2 Å². The van der Waals surface area contributed by atoms with E-state index in [9.17, 15) is 14.9 Å². The molecular formula is C13H18N4O4. The van der Waals surface area contributed by atoms with Crippen LogP contribution in [0.25, 0.3) is 0 Å². The molecule has 1 aromatic carbocycles. The molecule has 3 N–H and O–H groups in total. The number of carbonyl (C=O) groups excluding carboxylic acids is 1. The zero-order valence-corrected chi connectivity index (χ0v) is 11.9. The van der Waals surface area contributed by atoms with E-state index in [1.54, 1.807) is 4.90 Å². The number of hydrogen-bond donors (Lipinski definition) is 2. The van der Waals surface area contributed by atoms with Gasteiger partial charge < -0.3 is 15.1 Å². The van der Waals surface area contributed by atoms with Gasteiger partial charge in [-0.3, -0.25) is 20.8 Å². The minimum absolute atomic E-state index is 0.0267. The summed E-state index contributed by atoms with van der Waals surface area (Å²) in [7, 11) is 0. The van der Waals surface area contributed by atoms with Gasteiger partial charge in [0, 0.05) is 12.6 Å². The number of hydrogen-bond acceptors (Lipinski definition) is 6. The molecule has 2 unspecified atom stereocenters. The normalized spacial score (nSPS) is 22.0. The van der Waals surface area contributed by atoms with Gasteiger partial charge in [0.15, 0.2) is 0 Å². The van der Waals surface area contributed by atoms with E-state index in [4.69, 9.17) is 10.6 Å². The molecule has 114 valence electrons. The van der Waals surface area contributed by atoms with E-state index < -0.39 is 4.92 Å². The number of nitrogen functional groups attached to an aromatic ring is 1. The molecule has 2 rings (SSSR count). The lowest BCUT2D eigenvalue weighted by Crippen LogP contribution is -2.50. The number of nitro groups is 1. The van der Waals surface area contributed by atoms with Crippen molar-refractivity contribution < 1.29 is 14.5 Å². The summed E-state index contributed by atoms with van der Waals surface area (Å²) in [6.07, 6.45) is -0.0712. The lowest BCUT2D eigenvalue weighted by atomic mass is 10.1. The Morgan fingerprint density at radius 2 is 2.24 bits per heavy atom. The van der Waals surface area contributed by atoms with Crippen molar-refractivity contribution in [2.24, 2.45) is 5.84 Å². The Bertz CT molecular complexity index is 563. The number of anilines is 1. The Labute approximate surface area is 122 Å². The van der Waals surface area contributed by atoms with E-state index in [-0.39, 0.29) is 35.0 Å². The molecule has 0 spiro atoms. The molecular weight excluding hydrogens is 276 g/mol. The van der Waals surface area contributed by atoms with Gasteiger partial charge >= 0.3 is 0 Å². The van der Waals surface area contributed by atoms with Crippen LogP contribution < -0.4 is 11.3 Å². The van der Waals surface area contributed by atoms with Crippen LogP contribution in [0.5, 0.6) is 0 Å². The highest BCUT2D eigenvalue weighted by atomic mass is 16.6. The number of hydrazine groups is 1. The lowest BCUT2D eigenvalue weighted by Gasteiger charge is -2.37. The van der Waals surface area contributed by atoms with Crippen LogP contribution in [0.15, 0.2) is 18.2 Å². The van der Waals surface area contributed by atoms with Gasteiger partial charge in [0.25, 0.3) is 11.6 Å². The number of nitrogens with one attached hydrogen (secondary N) is 1. The van der Waals surface area contributed by atoms with Gasteiger partial charge in [-0.25, -0.2) is 0 Å². The summed E-state index contributed by atoms with van der Waals surface area (Å²) in [5.74, 6) is 5.07. The fourth-order valence-electron chi connectivity index (χ4n) is 2.36. The lowest BCUT2D eigenvalue weighted by molar-refractivity contribution is -0.384. The van der Waals surface area contributed by atoms with E-state index >= 15 is 0 Å². The zero-order valence-electron chi connectivity index (χ0n) is 11.9. The van der Waals surface area contributed by atoms with Gasteiger partial charge in [-0.2, -0.15) is 0 Å². The van der Waals surface area contributed by atoms with Gasteiger partial charge in [-0.05, 0) is 19.9 Å². The average Bonchev–Trinajstić information content (AvgIpc) is 2.48. The van der Waals surface area contributed by atoms with E-state index in [1.807, 2.05) is 13.8 Å². The highest BCUT2D eigenvalue weighted by Crippen LogP contribution is 2.29. The third-order valence-corrected chi connectivity index (χ3v) is 3.48. The monoisotopic (exact) mass is 294 g/mol. The highest BCUT2D eigenvalue weighted by Gasteiger charge is 2.31. The molecule has 0 radical (unpaired) electrons. The molecule has 0 saturated carbocycles. The van der Waals surface area contributed by atoms with Crippen molar-refractivity contribution in [3.05, 3.63) is 33.9 Å². The number of rotatable bonds is 3. The van der Waals surface area contributed by atoms with Gasteiger partial charge in [0.2, 0.25) is 0 Å². The maximum atomic E-state index is 12.7. The molecule has 1 saturated heterocycles. The number of nitro benzene ring substituents is 1. The average molecular weight is 294 g/mol. The van der Waals surface area contributed by atoms with E-state index in [2.05, 4.69) is 5.43 Å². The molecule has 1 aliphatic heterocycles. The summed E-state index contributed by atoms with van der Waals surface area (Å²) in [4.78, 5) is 24.8. The molecule has 21 heavy (non-hydrogen) atoms. The van der Waals surface area contributed by atoms with Gasteiger partial charge in [-0.1, -0.05) is 6.07 Å². The minimum atomic E-state index is -0.572. The topological polar surface area (TPSA) is 111 Å². The number of para-hydroxylation sites is 1. The van der Waals surface area contributed by atoms with Crippen LogP contribution in [0.3, 0.4) is 0 Å². The second-order valence-corrected chi connectivity index (χ2v) is 5.05. The molecule has 1 aromatic rings. The molecule has 8 heteroatoms. The standard InChI is InChI=1S/C13H18N4O4/c1-8-7-21-9(2)6-16(8)13(18)10-4-3-5-11(17(19)20)12(10)15-14/h3-5,8-9,15H,6-7,14H2,1-2H3. The molecule has 1 heterocycles. The Morgan fingerprint density at radius 1 is 1.52 bits per heavy atom. The van der Waals surface area contributed by atoms with Crippen molar-refractivity contribution >= 4 is 17.3 Å². The first kappa shape index (κ1) is 15.2. The smallest absolute Gasteiger partial charge is 0.294 e. The number of nitrogens with zero attached hydrogens (tertiary/aromatic N) is 2. The van der Waals surface area contributed by atoms with Crippen molar-refractivity contribution in [1.82, 2.24) is 4.90 Å². The Morgan fingerprint density at radius 3 is 2.86 bits per heavy atom. The van der Waals surface area contributed by atoms with Crippen LogP contribution in [0, 0.1) is 10.1 Å². The maximum absolute atomic E-state index is 12.7. The Kier molecular flexibility index (Phi) is 4.39. The molecule has 8 nitrogen and oxygen atoms in total. The van der Waals surface area contributed by atoms with Crippen LogP contribution in [-0.4, -0.2) is 41.0 Å². The first-order chi connectivity index (χ1) is 9.95. The molecule has 1 aliphatic rings. The largest absolute Gasteiger partial charge is 0.375 e. The zero-order chi connectivity index (χ0) is 15.6. The van der Waals surface area contributed by atoms with Crippen molar-refractivity contribution in [3.63, 3.8) is 0 Å². The summed E-state index contributed by atoms with van der Waals surface area (Å²) in [5.41, 5.74) is 2.26. The van der Waals surface area contributed by atoms with Gasteiger partial charge in [0.1, 0.15) is 5.69 Å². The molecule has 1 fully saturated rings. The Balaban J connectivity index is 2.39. The van der Waals surface area contributed by atoms with E-state index in [0.717, 1.165) is 0 Å². The van der Waals surface area contributed by atoms with Crippen LogP contribution >= 0.6 is 0 Å². The fourth-order valence-corrected chi connectivity index (χ4v) is 2.36. The highest BCUT2D eigenvalue weighted by molar-refractivity contribution is 6.01. The first-order valence-electron chi connectivity index (χ1n) is 6.62. The van der Waals surface area contributed by atoms with Crippen LogP contribution in [-0.2, 0) is 4.74 Å². The number of amides is 1. The molecule has 0 aromatic heterocycles. The predicted molar refractivity (Wildman–Crippen MR) is 76.8 cm³/mol. The van der Waals surface area contributed by atoms with Gasteiger partial charge in [-0.15, -0.1) is 0 Å². The maximum Gasteiger partial charge on any atom is 0.294 e. The van der Waals surface area contributed by atoms with Crippen molar-refractivity contribution in [1.29, 1.82) is 0 Å². The molecule has 1 amide bonds. The summed E-state index contributed by atoms with van der Waals surface area (Å²) < 4.78 is 5.48. The summed E-state index contributed by atoms with van der Waals surface area (Å²) in [6.45, 7) is 4.62. The second kappa shape index (κ2) is 6.06. The number of carbonyl (C=O) groups is 1. The molecule has 0 aliphatic carbocycles. The number of benzene rings is 1. The SMILES string of the molecule is CC1CN(C(=O)c2cccc([N+](=O)[O-])c2NN)C(C)CO1. The fraction of sp³-hybridized carbons (Fsp3) is 0.462. The predicted octanol–water partition coefficient (Wildman–Crippen LogP) is 1.13. The third kappa shape index (κ3) is 2.96. The van der Waals surface area contributed by atoms with Crippen LogP contribution in [0.2, 0.25) is 0 Å². The van der Waals surface area contributed by atoms with Crippen molar-refractivity contribution in [2.75, 3.05) is 18.6 Å². The van der Waals surface area contributed by atoms with E-state index in [1.165, 1.54) is 18.2 Å². The number of nitrogens with two attached hydrogens (primary N) is 1. The first-order valence-corrected chi connectivity index (χ1v) is 6.62. The van der Waals surface area contributed by atoms with Crippen LogP contribution in [0.4, 0.5) is 11.4 Å². The second-order valence-electron chi connectivity index (χ2n) is 5.05. The third-order valence-electron chi connectivity index (χ3n) is 3.48. The quantitative estimate of drug-likeness (QED) is 0.491. The number of morpholine rings is 1. The minimum Gasteiger partial charge on any atom is -0.375 e. The summed E-state index contributed by atoms with van der Waals surface area (Å²) >= 11 is 0. The number of ether oxygens (including phenoxy) is 1. The molecule has 0 bridgehead atoms. The summed E-state index contributed by atoms with van der Waals surface area (Å²) in [6, 6.07) is 4.20. The van der Waals surface area contributed by atoms with Crippen molar-refractivity contribution in [3.8, 4) is 0 Å². The van der Waals surface area contributed by atoms with E-state index in [0.29, 0.717) is 13.2 Å². The Hall–Kier alpha value is -2.19. The van der Waals surface area contributed by atoms with Crippen molar-refractivity contribution in [2.45, 2.75) is 26.0 Å². The van der Waals surface area contributed by atoms with Gasteiger partial charge in [0.05, 0.1) is 29.2 Å². The summed E-state index contributed by atoms with van der Waals surface area (Å²) in [5, 5.41) is 11.0.